The molecule has 1 aromatic carbocycles. The van der Waals surface area contributed by atoms with Crippen LogP contribution in [0.4, 0.5) is 0 Å². The molecule has 0 aliphatic heterocycles. The Balaban J connectivity index is 2.01. The molecule has 0 unspecified atom stereocenters. The number of carbonyl (C=O) groups is 1. The van der Waals surface area contributed by atoms with Gasteiger partial charge in [-0.2, -0.15) is 0 Å². The molecule has 1 aliphatic carbocycles. The Morgan fingerprint density at radius 3 is 2.58 bits per heavy atom. The molecule has 0 aromatic heterocycles. The van der Waals surface area contributed by atoms with E-state index in [-0.39, 0.29) is 17.8 Å². The van der Waals surface area contributed by atoms with E-state index in [0.29, 0.717) is 25.9 Å². The summed E-state index contributed by atoms with van der Waals surface area (Å²) in [5, 5.41) is 31.3. The Kier molecular flexibility index (Phi) is 11.3. The van der Waals surface area contributed by atoms with Crippen molar-refractivity contribution >= 4 is 5.97 Å². The van der Waals surface area contributed by atoms with E-state index in [1.165, 1.54) is 5.56 Å². The van der Waals surface area contributed by atoms with Crippen LogP contribution in [0.3, 0.4) is 0 Å². The number of rotatable bonds is 13. The third-order valence-corrected chi connectivity index (χ3v) is 6.28. The van der Waals surface area contributed by atoms with E-state index >= 15 is 0 Å². The minimum absolute atomic E-state index is 0.0969. The summed E-state index contributed by atoms with van der Waals surface area (Å²) in [4.78, 5) is 11.6. The summed E-state index contributed by atoms with van der Waals surface area (Å²) in [5.74, 6) is -0.444. The van der Waals surface area contributed by atoms with Crippen molar-refractivity contribution in [3.63, 3.8) is 0 Å². The van der Waals surface area contributed by atoms with E-state index in [9.17, 15) is 20.1 Å². The quantitative estimate of drug-likeness (QED) is 0.249. The van der Waals surface area contributed by atoms with Crippen molar-refractivity contribution in [3.8, 4) is 0 Å². The second kappa shape index (κ2) is 13.7. The predicted octanol–water partition coefficient (Wildman–Crippen LogP) is 3.97. The molecular weight excluding hydrogens is 392 g/mol. The summed E-state index contributed by atoms with van der Waals surface area (Å²) in [5.41, 5.74) is 2.31. The van der Waals surface area contributed by atoms with E-state index in [1.54, 1.807) is 6.08 Å². The zero-order chi connectivity index (χ0) is 22.6. The van der Waals surface area contributed by atoms with Crippen LogP contribution < -0.4 is 0 Å². The molecule has 0 radical (unpaired) electrons. The third-order valence-electron chi connectivity index (χ3n) is 6.28. The SMILES string of the molecule is CCCCC[C@H](O)/C=C/[C@H]1[C@H](Cc2ccccc2CCCC(=O)OCC)[C@@H](O)C[C@@H]1O. The molecule has 1 aliphatic rings. The molecule has 31 heavy (non-hydrogen) atoms. The van der Waals surface area contributed by atoms with Gasteiger partial charge in [-0.25, -0.2) is 0 Å². The molecule has 1 saturated carbocycles. The number of ether oxygens (including phenoxy) is 1. The molecule has 5 nitrogen and oxygen atoms in total. The minimum Gasteiger partial charge on any atom is -0.466 e. The fraction of sp³-hybridized carbons (Fsp3) is 0.654. The number of unbranched alkanes of at least 4 members (excludes halogenated alkanes) is 2. The highest BCUT2D eigenvalue weighted by atomic mass is 16.5. The minimum atomic E-state index is -0.602. The molecule has 0 heterocycles. The van der Waals surface area contributed by atoms with Crippen LogP contribution in [0.25, 0.3) is 0 Å². The van der Waals surface area contributed by atoms with Gasteiger partial charge < -0.3 is 20.1 Å². The summed E-state index contributed by atoms with van der Waals surface area (Å²) in [6.07, 6.45) is 8.86. The fourth-order valence-corrected chi connectivity index (χ4v) is 4.53. The van der Waals surface area contributed by atoms with Crippen LogP contribution in [0.5, 0.6) is 0 Å². The lowest BCUT2D eigenvalue weighted by Gasteiger charge is -2.22. The van der Waals surface area contributed by atoms with Crippen LogP contribution in [-0.2, 0) is 22.4 Å². The standard InChI is InChI=1S/C26H40O5/c1-3-5-6-13-21(27)15-16-22-23(25(29)18-24(22)28)17-20-11-8-7-10-19(20)12-9-14-26(30)31-4-2/h7-8,10-11,15-16,21-25,27-29H,3-6,9,12-14,17-18H2,1-2H3/b16-15+/t21-,22-,23-,24-,25-/m0/s1. The summed E-state index contributed by atoms with van der Waals surface area (Å²) >= 11 is 0. The number of benzene rings is 1. The second-order valence-corrected chi connectivity index (χ2v) is 8.69. The zero-order valence-corrected chi connectivity index (χ0v) is 19.1. The Hall–Kier alpha value is -1.69. The molecule has 2 rings (SSSR count). The van der Waals surface area contributed by atoms with Gasteiger partial charge in [0.05, 0.1) is 24.9 Å². The maximum absolute atomic E-state index is 11.6. The van der Waals surface area contributed by atoms with Crippen molar-refractivity contribution in [1.29, 1.82) is 0 Å². The molecule has 0 spiro atoms. The molecule has 1 fully saturated rings. The highest BCUT2D eigenvalue weighted by Gasteiger charge is 2.40. The first-order chi connectivity index (χ1) is 15.0. The monoisotopic (exact) mass is 432 g/mol. The van der Waals surface area contributed by atoms with Crippen LogP contribution in [0.15, 0.2) is 36.4 Å². The van der Waals surface area contributed by atoms with Gasteiger partial charge in [0.25, 0.3) is 0 Å². The second-order valence-electron chi connectivity index (χ2n) is 8.69. The van der Waals surface area contributed by atoms with Crippen LogP contribution in [0.1, 0.15) is 69.9 Å². The van der Waals surface area contributed by atoms with Crippen molar-refractivity contribution < 1.29 is 24.9 Å². The predicted molar refractivity (Wildman–Crippen MR) is 123 cm³/mol. The number of esters is 1. The molecular formula is C26H40O5. The largest absolute Gasteiger partial charge is 0.466 e. The number of hydrogen-bond acceptors (Lipinski definition) is 5. The molecule has 5 heteroatoms. The Bertz CT molecular complexity index is 686. The van der Waals surface area contributed by atoms with Gasteiger partial charge in [-0.1, -0.05) is 62.6 Å². The molecule has 0 saturated heterocycles. The summed E-state index contributed by atoms with van der Waals surface area (Å²) < 4.78 is 5.01. The highest BCUT2D eigenvalue weighted by Crippen LogP contribution is 2.37. The molecule has 0 amide bonds. The van der Waals surface area contributed by atoms with Gasteiger partial charge in [0.15, 0.2) is 0 Å². The Labute approximate surface area is 187 Å². The Morgan fingerprint density at radius 1 is 1.13 bits per heavy atom. The first-order valence-electron chi connectivity index (χ1n) is 11.9. The van der Waals surface area contributed by atoms with E-state index in [1.807, 2.05) is 25.1 Å². The number of aryl methyl sites for hydroxylation is 1. The van der Waals surface area contributed by atoms with E-state index < -0.39 is 18.3 Å². The van der Waals surface area contributed by atoms with Crippen molar-refractivity contribution in [2.24, 2.45) is 11.8 Å². The number of carbonyl (C=O) groups excluding carboxylic acids is 1. The number of hydrogen-bond donors (Lipinski definition) is 3. The number of aliphatic hydroxyl groups is 3. The van der Waals surface area contributed by atoms with Gasteiger partial charge in [0.2, 0.25) is 0 Å². The average molecular weight is 433 g/mol. The zero-order valence-electron chi connectivity index (χ0n) is 19.1. The first-order valence-corrected chi connectivity index (χ1v) is 11.9. The van der Waals surface area contributed by atoms with E-state index in [2.05, 4.69) is 19.1 Å². The molecule has 5 atom stereocenters. The first kappa shape index (κ1) is 25.6. The van der Waals surface area contributed by atoms with Gasteiger partial charge in [-0.05, 0) is 49.7 Å². The van der Waals surface area contributed by atoms with Crippen LogP contribution in [0, 0.1) is 11.8 Å². The van der Waals surface area contributed by atoms with Crippen molar-refractivity contribution in [1.82, 2.24) is 0 Å². The molecule has 0 bridgehead atoms. The lowest BCUT2D eigenvalue weighted by Crippen LogP contribution is -2.23. The van der Waals surface area contributed by atoms with E-state index in [4.69, 9.17) is 4.74 Å². The average Bonchev–Trinajstić information content (AvgIpc) is 3.00. The van der Waals surface area contributed by atoms with Gasteiger partial charge in [0, 0.05) is 18.8 Å². The smallest absolute Gasteiger partial charge is 0.305 e. The van der Waals surface area contributed by atoms with Gasteiger partial charge in [0.1, 0.15) is 0 Å². The van der Waals surface area contributed by atoms with Crippen LogP contribution in [-0.4, -0.2) is 46.2 Å². The normalized spacial score (nSPS) is 24.5. The maximum Gasteiger partial charge on any atom is 0.305 e. The Morgan fingerprint density at radius 2 is 1.87 bits per heavy atom. The van der Waals surface area contributed by atoms with Crippen molar-refractivity contribution in [2.45, 2.75) is 89.9 Å². The lowest BCUT2D eigenvalue weighted by atomic mass is 9.85. The highest BCUT2D eigenvalue weighted by molar-refractivity contribution is 5.69. The maximum atomic E-state index is 11.6. The van der Waals surface area contributed by atoms with Crippen molar-refractivity contribution in [3.05, 3.63) is 47.5 Å². The van der Waals surface area contributed by atoms with Crippen LogP contribution >= 0.6 is 0 Å². The van der Waals surface area contributed by atoms with Crippen molar-refractivity contribution in [2.75, 3.05) is 6.61 Å². The topological polar surface area (TPSA) is 87.0 Å². The van der Waals surface area contributed by atoms with Gasteiger partial charge in [-0.3, -0.25) is 4.79 Å². The number of aliphatic hydroxyl groups excluding tert-OH is 3. The fourth-order valence-electron chi connectivity index (χ4n) is 4.53. The van der Waals surface area contributed by atoms with Crippen LogP contribution in [0.2, 0.25) is 0 Å². The summed E-state index contributed by atoms with van der Waals surface area (Å²) in [6.45, 7) is 4.35. The lowest BCUT2D eigenvalue weighted by molar-refractivity contribution is -0.143. The summed E-state index contributed by atoms with van der Waals surface area (Å²) in [6, 6.07) is 8.12. The summed E-state index contributed by atoms with van der Waals surface area (Å²) in [7, 11) is 0. The third kappa shape index (κ3) is 8.40. The molecule has 3 N–H and O–H groups in total. The van der Waals surface area contributed by atoms with Gasteiger partial charge >= 0.3 is 5.97 Å². The van der Waals surface area contributed by atoms with E-state index in [0.717, 1.165) is 44.1 Å². The molecule has 1 aromatic rings. The van der Waals surface area contributed by atoms with Gasteiger partial charge in [-0.15, -0.1) is 0 Å². The molecule has 174 valence electrons.